The summed E-state index contributed by atoms with van der Waals surface area (Å²) in [4.78, 5) is 16.0. The van der Waals surface area contributed by atoms with Crippen LogP contribution in [0.1, 0.15) is 29.3 Å². The third kappa shape index (κ3) is 6.10. The highest BCUT2D eigenvalue weighted by Gasteiger charge is 2.34. The van der Waals surface area contributed by atoms with E-state index in [1.54, 1.807) is 24.4 Å². The fourth-order valence-corrected chi connectivity index (χ4v) is 3.25. The molecule has 3 rings (SSSR count). The second-order valence-corrected chi connectivity index (χ2v) is 7.11. The van der Waals surface area contributed by atoms with E-state index in [1.807, 2.05) is 6.92 Å². The molecule has 6 nitrogen and oxygen atoms in total. The summed E-state index contributed by atoms with van der Waals surface area (Å²) in [5.74, 6) is -0.700. The van der Waals surface area contributed by atoms with E-state index in [0.29, 0.717) is 30.5 Å². The lowest BCUT2D eigenvalue weighted by Crippen LogP contribution is -2.18. The summed E-state index contributed by atoms with van der Waals surface area (Å²) >= 11 is 0. The minimum absolute atomic E-state index is 0.0892. The van der Waals surface area contributed by atoms with Crippen molar-refractivity contribution in [1.29, 1.82) is 5.26 Å². The lowest BCUT2D eigenvalue weighted by atomic mass is 10.0. The fourth-order valence-electron chi connectivity index (χ4n) is 3.25. The van der Waals surface area contributed by atoms with Gasteiger partial charge >= 0.3 is 6.18 Å². The normalized spacial score (nSPS) is 13.3. The van der Waals surface area contributed by atoms with Crippen LogP contribution in [0.5, 0.6) is 0 Å². The molecule has 0 radical (unpaired) electrons. The van der Waals surface area contributed by atoms with Crippen LogP contribution in [0.15, 0.2) is 48.5 Å². The molecule has 172 valence electrons. The molecular formula is C23H20F4N4O2. The number of alkyl halides is 3. The van der Waals surface area contributed by atoms with Crippen LogP contribution in [0.2, 0.25) is 0 Å². The number of rotatable bonds is 7. The molecule has 2 heterocycles. The number of aromatic nitrogens is 1. The average molecular weight is 460 g/mol. The fraction of sp³-hybridized carbons (Fsp3) is 0.261. The number of allylic oxidation sites excluding steroid dienone is 1. The van der Waals surface area contributed by atoms with Gasteiger partial charge in [-0.25, -0.2) is 4.39 Å². The number of ether oxygens (including phenoxy) is 1. The maximum Gasteiger partial charge on any atom is 0.418 e. The summed E-state index contributed by atoms with van der Waals surface area (Å²) in [7, 11) is 0. The van der Waals surface area contributed by atoms with Crippen molar-refractivity contribution in [2.24, 2.45) is 0 Å². The molecule has 33 heavy (non-hydrogen) atoms. The largest absolute Gasteiger partial charge is 0.492 e. The second-order valence-electron chi connectivity index (χ2n) is 7.11. The Morgan fingerprint density at radius 3 is 2.79 bits per heavy atom. The van der Waals surface area contributed by atoms with E-state index in [4.69, 9.17) is 10.00 Å². The predicted octanol–water partition coefficient (Wildman–Crippen LogP) is 4.35. The van der Waals surface area contributed by atoms with Gasteiger partial charge in [0.2, 0.25) is 5.91 Å². The number of amides is 1. The Balaban J connectivity index is 1.72. The van der Waals surface area contributed by atoms with Crippen molar-refractivity contribution in [2.45, 2.75) is 25.9 Å². The van der Waals surface area contributed by atoms with E-state index in [1.165, 1.54) is 12.1 Å². The zero-order chi connectivity index (χ0) is 24.0. The number of carbonyl (C=O) groups is 1. The first-order valence-electron chi connectivity index (χ1n) is 10.00. The van der Waals surface area contributed by atoms with Crippen LogP contribution in [-0.2, 0) is 28.5 Å². The van der Waals surface area contributed by atoms with E-state index in [2.05, 4.69) is 15.6 Å². The Labute approximate surface area is 187 Å². The third-order valence-corrected chi connectivity index (χ3v) is 4.75. The smallest absolute Gasteiger partial charge is 0.418 e. The van der Waals surface area contributed by atoms with Crippen LogP contribution in [0.4, 0.5) is 23.2 Å². The third-order valence-electron chi connectivity index (χ3n) is 4.75. The summed E-state index contributed by atoms with van der Waals surface area (Å²) in [5, 5.41) is 14.0. The van der Waals surface area contributed by atoms with E-state index in [-0.39, 0.29) is 17.7 Å². The van der Waals surface area contributed by atoms with Crippen molar-refractivity contribution in [3.05, 3.63) is 76.7 Å². The minimum Gasteiger partial charge on any atom is -0.492 e. The van der Waals surface area contributed by atoms with E-state index < -0.39 is 35.6 Å². The lowest BCUT2D eigenvalue weighted by Gasteiger charge is -2.16. The number of anilines is 1. The van der Waals surface area contributed by atoms with Crippen LogP contribution < -0.4 is 10.6 Å². The molecule has 0 bridgehead atoms. The Morgan fingerprint density at radius 1 is 1.33 bits per heavy atom. The standard InChI is InChI=1S/C23H20F4N4O2/c1-2-33-18-7-16(11-29-13-18)14-3-4-15(20(24)8-14)9-22(32)31-17-10-19(23(25,26)27)21(5-6-28)30-12-17/h3-4,7-8,10,12-13,29H,2,5,9,11H2,1H3,(H,31,32). The minimum atomic E-state index is -4.73. The molecule has 1 amide bonds. The second kappa shape index (κ2) is 10.2. The van der Waals surface area contributed by atoms with Gasteiger partial charge in [0.05, 0.1) is 48.7 Å². The summed E-state index contributed by atoms with van der Waals surface area (Å²) < 4.78 is 59.7. The molecule has 0 aliphatic carbocycles. The van der Waals surface area contributed by atoms with Crippen molar-refractivity contribution >= 4 is 17.2 Å². The van der Waals surface area contributed by atoms with E-state index >= 15 is 0 Å². The number of nitriles is 1. The number of carbonyl (C=O) groups excluding carboxylic acids is 1. The Bertz CT molecular complexity index is 1150. The number of dihydropyridines is 1. The Kier molecular flexibility index (Phi) is 7.33. The molecule has 1 aromatic carbocycles. The summed E-state index contributed by atoms with van der Waals surface area (Å²) in [6.07, 6.45) is -1.09. The number of halogens is 4. The molecule has 0 fully saturated rings. The maximum atomic E-state index is 14.6. The monoisotopic (exact) mass is 460 g/mol. The molecule has 0 saturated carbocycles. The first-order valence-corrected chi connectivity index (χ1v) is 10.00. The number of nitrogens with zero attached hydrogens (tertiary/aromatic N) is 2. The molecule has 2 N–H and O–H groups in total. The Hall–Kier alpha value is -3.87. The van der Waals surface area contributed by atoms with E-state index in [0.717, 1.165) is 11.8 Å². The van der Waals surface area contributed by atoms with E-state index in [9.17, 15) is 22.4 Å². The number of nitrogens with one attached hydrogen (secondary N) is 2. The van der Waals surface area contributed by atoms with Crippen molar-refractivity contribution in [3.8, 4) is 6.07 Å². The highest BCUT2D eigenvalue weighted by Crippen LogP contribution is 2.33. The molecule has 2 aromatic rings. The molecule has 1 aliphatic heterocycles. The summed E-state index contributed by atoms with van der Waals surface area (Å²) in [6.45, 7) is 2.82. The van der Waals surface area contributed by atoms with Gasteiger partial charge in [-0.1, -0.05) is 12.1 Å². The molecular weight excluding hydrogens is 440 g/mol. The summed E-state index contributed by atoms with van der Waals surface area (Å²) in [6, 6.07) is 6.75. The van der Waals surface area contributed by atoms with Crippen molar-refractivity contribution in [3.63, 3.8) is 0 Å². The Morgan fingerprint density at radius 2 is 2.12 bits per heavy atom. The van der Waals surface area contributed by atoms with Crippen LogP contribution in [0.25, 0.3) is 5.57 Å². The number of benzene rings is 1. The van der Waals surface area contributed by atoms with Crippen molar-refractivity contribution < 1.29 is 27.1 Å². The van der Waals surface area contributed by atoms with Crippen molar-refractivity contribution in [2.75, 3.05) is 18.5 Å². The molecule has 0 saturated heterocycles. The van der Waals surface area contributed by atoms with Crippen molar-refractivity contribution in [1.82, 2.24) is 10.3 Å². The first-order chi connectivity index (χ1) is 15.7. The number of hydrogen-bond donors (Lipinski definition) is 2. The quantitative estimate of drug-likeness (QED) is 0.600. The van der Waals surface area contributed by atoms with Gasteiger partial charge in [-0.2, -0.15) is 18.4 Å². The van der Waals surface area contributed by atoms with Crippen LogP contribution >= 0.6 is 0 Å². The first kappa shape index (κ1) is 23.8. The predicted molar refractivity (Wildman–Crippen MR) is 113 cm³/mol. The van der Waals surface area contributed by atoms with Gasteiger partial charge in [0.15, 0.2) is 0 Å². The lowest BCUT2D eigenvalue weighted by molar-refractivity contribution is -0.138. The highest BCUT2D eigenvalue weighted by molar-refractivity contribution is 5.92. The van der Waals surface area contributed by atoms with Gasteiger partial charge in [-0.05, 0) is 41.8 Å². The molecule has 1 aliphatic rings. The molecule has 10 heteroatoms. The zero-order valence-corrected chi connectivity index (χ0v) is 17.6. The van der Waals surface area contributed by atoms with Gasteiger partial charge in [0.25, 0.3) is 0 Å². The highest BCUT2D eigenvalue weighted by atomic mass is 19.4. The zero-order valence-electron chi connectivity index (χ0n) is 17.6. The number of hydrogen-bond acceptors (Lipinski definition) is 5. The van der Waals surface area contributed by atoms with Crippen LogP contribution in [0, 0.1) is 17.1 Å². The van der Waals surface area contributed by atoms with Gasteiger partial charge in [0, 0.05) is 12.7 Å². The summed E-state index contributed by atoms with van der Waals surface area (Å²) in [5.41, 5.74) is -0.225. The molecule has 0 atom stereocenters. The SMILES string of the molecule is CCOC1=CNCC(c2ccc(CC(=O)Nc3cnc(CC#N)c(C(F)(F)F)c3)c(F)c2)=C1. The van der Waals surface area contributed by atoms with Crippen LogP contribution in [-0.4, -0.2) is 24.0 Å². The van der Waals surface area contributed by atoms with Gasteiger partial charge in [0.1, 0.15) is 11.6 Å². The topological polar surface area (TPSA) is 87.0 Å². The van der Waals surface area contributed by atoms with Crippen LogP contribution in [0.3, 0.4) is 0 Å². The maximum absolute atomic E-state index is 14.6. The molecule has 0 unspecified atom stereocenters. The van der Waals surface area contributed by atoms with Gasteiger partial charge in [-0.3, -0.25) is 9.78 Å². The van der Waals surface area contributed by atoms with Gasteiger partial charge in [-0.15, -0.1) is 0 Å². The number of pyridine rings is 1. The molecule has 1 aromatic heterocycles. The average Bonchev–Trinajstić information content (AvgIpc) is 2.76. The van der Waals surface area contributed by atoms with Gasteiger partial charge < -0.3 is 15.4 Å². The molecule has 0 spiro atoms.